The van der Waals surface area contributed by atoms with Gasteiger partial charge in [0.15, 0.2) is 5.65 Å². The van der Waals surface area contributed by atoms with E-state index in [-0.39, 0.29) is 11.9 Å². The van der Waals surface area contributed by atoms with Gasteiger partial charge in [-0.3, -0.25) is 4.79 Å². The number of carbonyl (C=O) groups is 1. The zero-order valence-corrected chi connectivity index (χ0v) is 17.5. The molecule has 0 unspecified atom stereocenters. The van der Waals surface area contributed by atoms with Crippen molar-refractivity contribution in [2.75, 3.05) is 32.1 Å². The van der Waals surface area contributed by atoms with Crippen molar-refractivity contribution in [1.29, 1.82) is 0 Å². The molecule has 1 aromatic carbocycles. The molecule has 1 saturated heterocycles. The first kappa shape index (κ1) is 18.6. The quantitative estimate of drug-likeness (QED) is 0.688. The number of anilines is 1. The lowest BCUT2D eigenvalue weighted by atomic mass is 10.0. The third kappa shape index (κ3) is 3.31. The van der Waals surface area contributed by atoms with Crippen LogP contribution >= 0.6 is 0 Å². The monoisotopic (exact) mass is 419 g/mol. The SMILES string of the molecule is CO[C@@H]1C[C@H]2COc3ccn4ncc(c4n3)-c3cc(cc(C4CC4)c3)NCCN2C1=O. The fourth-order valence-electron chi connectivity index (χ4n) is 4.69. The minimum absolute atomic E-state index is 0.0268. The van der Waals surface area contributed by atoms with Crippen LogP contribution in [0.25, 0.3) is 16.8 Å². The smallest absolute Gasteiger partial charge is 0.252 e. The van der Waals surface area contributed by atoms with Crippen molar-refractivity contribution in [3.63, 3.8) is 0 Å². The maximum Gasteiger partial charge on any atom is 0.252 e. The molecule has 4 bridgehead atoms. The summed E-state index contributed by atoms with van der Waals surface area (Å²) in [5.41, 5.74) is 5.26. The minimum Gasteiger partial charge on any atom is -0.475 e. The average Bonchev–Trinajstić information content (AvgIpc) is 3.48. The summed E-state index contributed by atoms with van der Waals surface area (Å²) in [6.07, 6.45) is 6.41. The normalized spacial score (nSPS) is 23.4. The van der Waals surface area contributed by atoms with Gasteiger partial charge in [-0.05, 0) is 42.0 Å². The minimum atomic E-state index is -0.411. The summed E-state index contributed by atoms with van der Waals surface area (Å²) in [6, 6.07) is 8.41. The van der Waals surface area contributed by atoms with Gasteiger partial charge in [0.05, 0.1) is 12.2 Å². The molecule has 1 aliphatic carbocycles. The number of rotatable bonds is 2. The van der Waals surface area contributed by atoms with E-state index in [0.717, 1.165) is 22.5 Å². The highest BCUT2D eigenvalue weighted by atomic mass is 16.5. The zero-order chi connectivity index (χ0) is 20.9. The van der Waals surface area contributed by atoms with Crippen molar-refractivity contribution in [3.8, 4) is 17.0 Å². The van der Waals surface area contributed by atoms with Crippen LogP contribution in [-0.4, -0.2) is 64.4 Å². The van der Waals surface area contributed by atoms with E-state index in [1.54, 1.807) is 11.6 Å². The molecule has 1 saturated carbocycles. The molecule has 4 heterocycles. The summed E-state index contributed by atoms with van der Waals surface area (Å²) in [4.78, 5) is 19.4. The first-order valence-electron chi connectivity index (χ1n) is 10.9. The van der Waals surface area contributed by atoms with Gasteiger partial charge in [0.1, 0.15) is 12.7 Å². The summed E-state index contributed by atoms with van der Waals surface area (Å²) in [7, 11) is 1.59. The van der Waals surface area contributed by atoms with E-state index in [1.807, 2.05) is 23.4 Å². The lowest BCUT2D eigenvalue weighted by Crippen LogP contribution is -2.41. The fraction of sp³-hybridized carbons (Fsp3) is 0.435. The molecule has 2 aliphatic heterocycles. The molecule has 31 heavy (non-hydrogen) atoms. The second-order valence-corrected chi connectivity index (χ2v) is 8.59. The summed E-state index contributed by atoms with van der Waals surface area (Å²) in [5.74, 6) is 1.19. The Labute approximate surface area is 180 Å². The standard InChI is InChI=1S/C23H25N5O3/c1-30-20-11-18-13-31-21-4-6-28-22(26-21)19(12-25-28)16-8-15(14-2-3-14)9-17(10-16)24-5-7-27(18)23(20)29/h4,6,8-10,12,14,18,20,24H,2-3,5,7,11,13H2,1H3/t18-,20+/m0/s1. The van der Waals surface area contributed by atoms with Crippen molar-refractivity contribution in [2.24, 2.45) is 0 Å². The molecule has 2 fully saturated rings. The molecule has 0 spiro atoms. The van der Waals surface area contributed by atoms with Gasteiger partial charge < -0.3 is 19.7 Å². The van der Waals surface area contributed by atoms with Gasteiger partial charge in [-0.25, -0.2) is 4.52 Å². The van der Waals surface area contributed by atoms with Crippen LogP contribution in [-0.2, 0) is 9.53 Å². The second-order valence-electron chi connectivity index (χ2n) is 8.59. The molecule has 3 aliphatic rings. The Hall–Kier alpha value is -3.13. The Balaban J connectivity index is 1.43. The molecule has 3 aromatic rings. The molecular formula is C23H25N5O3. The van der Waals surface area contributed by atoms with E-state index in [9.17, 15) is 4.79 Å². The van der Waals surface area contributed by atoms with Gasteiger partial charge in [-0.15, -0.1) is 0 Å². The maximum atomic E-state index is 12.8. The van der Waals surface area contributed by atoms with Crippen LogP contribution in [0.5, 0.6) is 5.88 Å². The van der Waals surface area contributed by atoms with E-state index in [1.165, 1.54) is 18.4 Å². The number of carbonyl (C=O) groups excluding carboxylic acids is 1. The molecule has 8 nitrogen and oxygen atoms in total. The summed E-state index contributed by atoms with van der Waals surface area (Å²) in [6.45, 7) is 1.65. The molecule has 2 atom stereocenters. The molecular weight excluding hydrogens is 394 g/mol. The van der Waals surface area contributed by atoms with E-state index >= 15 is 0 Å². The summed E-state index contributed by atoms with van der Waals surface area (Å²) < 4.78 is 13.2. The van der Waals surface area contributed by atoms with Gasteiger partial charge >= 0.3 is 0 Å². The van der Waals surface area contributed by atoms with Crippen LogP contribution in [0.3, 0.4) is 0 Å². The van der Waals surface area contributed by atoms with Crippen LogP contribution in [0, 0.1) is 0 Å². The van der Waals surface area contributed by atoms with Crippen molar-refractivity contribution < 1.29 is 14.3 Å². The second kappa shape index (κ2) is 7.23. The number of benzene rings is 1. The van der Waals surface area contributed by atoms with E-state index in [4.69, 9.17) is 14.5 Å². The Bertz CT molecular complexity index is 1160. The molecule has 6 rings (SSSR count). The Morgan fingerprint density at radius 2 is 2.16 bits per heavy atom. The highest BCUT2D eigenvalue weighted by molar-refractivity contribution is 5.84. The average molecular weight is 419 g/mol. The highest BCUT2D eigenvalue weighted by Gasteiger charge is 2.39. The van der Waals surface area contributed by atoms with Crippen LogP contribution < -0.4 is 10.1 Å². The van der Waals surface area contributed by atoms with Crippen molar-refractivity contribution in [1.82, 2.24) is 19.5 Å². The van der Waals surface area contributed by atoms with Crippen LogP contribution in [0.4, 0.5) is 5.69 Å². The molecule has 8 heteroatoms. The van der Waals surface area contributed by atoms with Gasteiger partial charge in [-0.1, -0.05) is 6.07 Å². The van der Waals surface area contributed by atoms with Crippen LogP contribution in [0.15, 0.2) is 36.7 Å². The van der Waals surface area contributed by atoms with Gasteiger partial charge in [0.2, 0.25) is 5.88 Å². The molecule has 1 N–H and O–H groups in total. The first-order chi connectivity index (χ1) is 15.2. The maximum absolute atomic E-state index is 12.8. The predicted molar refractivity (Wildman–Crippen MR) is 115 cm³/mol. The zero-order valence-electron chi connectivity index (χ0n) is 17.5. The van der Waals surface area contributed by atoms with Crippen molar-refractivity contribution in [2.45, 2.75) is 37.3 Å². The molecule has 1 amide bonds. The van der Waals surface area contributed by atoms with Gasteiger partial charge in [0.25, 0.3) is 5.91 Å². The third-order valence-electron chi connectivity index (χ3n) is 6.53. The summed E-state index contributed by atoms with van der Waals surface area (Å²) in [5, 5.41) is 8.02. The van der Waals surface area contributed by atoms with Crippen LogP contribution in [0.2, 0.25) is 0 Å². The van der Waals surface area contributed by atoms with Gasteiger partial charge in [0, 0.05) is 50.1 Å². The predicted octanol–water partition coefficient (Wildman–Crippen LogP) is 2.69. The molecule has 0 radical (unpaired) electrons. The van der Waals surface area contributed by atoms with E-state index in [2.05, 4.69) is 28.6 Å². The topological polar surface area (TPSA) is 81.0 Å². The number of methoxy groups -OCH3 is 1. The number of nitrogens with zero attached hydrogens (tertiary/aromatic N) is 4. The molecule has 160 valence electrons. The first-order valence-corrected chi connectivity index (χ1v) is 10.9. The number of hydrogen-bond acceptors (Lipinski definition) is 6. The number of fused-ring (bicyclic) bond motifs is 5. The number of ether oxygens (including phenoxy) is 2. The van der Waals surface area contributed by atoms with Crippen molar-refractivity contribution in [3.05, 3.63) is 42.2 Å². The number of aromatic nitrogens is 3. The number of hydrogen-bond donors (Lipinski definition) is 1. The largest absolute Gasteiger partial charge is 0.475 e. The van der Waals surface area contributed by atoms with E-state index < -0.39 is 6.10 Å². The van der Waals surface area contributed by atoms with Gasteiger partial charge in [-0.2, -0.15) is 10.1 Å². The molecule has 2 aromatic heterocycles. The summed E-state index contributed by atoms with van der Waals surface area (Å²) >= 11 is 0. The third-order valence-corrected chi connectivity index (χ3v) is 6.53. The Kier molecular flexibility index (Phi) is 4.34. The fourth-order valence-corrected chi connectivity index (χ4v) is 4.69. The Morgan fingerprint density at radius 3 is 3.00 bits per heavy atom. The van der Waals surface area contributed by atoms with E-state index in [0.29, 0.717) is 37.9 Å². The number of amides is 1. The lowest BCUT2D eigenvalue weighted by Gasteiger charge is -2.25. The van der Waals surface area contributed by atoms with Crippen LogP contribution in [0.1, 0.15) is 30.7 Å². The lowest BCUT2D eigenvalue weighted by molar-refractivity contribution is -0.136. The van der Waals surface area contributed by atoms with Crippen molar-refractivity contribution >= 4 is 17.2 Å². The highest BCUT2D eigenvalue weighted by Crippen LogP contribution is 2.43. The Morgan fingerprint density at radius 1 is 1.26 bits per heavy atom. The number of nitrogens with one attached hydrogen (secondary N) is 1.